The van der Waals surface area contributed by atoms with Crippen LogP contribution in [0.5, 0.6) is 0 Å². The van der Waals surface area contributed by atoms with Crippen molar-refractivity contribution in [1.82, 2.24) is 0 Å². The molecule has 0 aliphatic heterocycles. The molecule has 0 spiro atoms. The maximum absolute atomic E-state index is 12.4. The van der Waals surface area contributed by atoms with Crippen molar-refractivity contribution in [3.63, 3.8) is 0 Å². The highest BCUT2D eigenvalue weighted by atomic mass is 16.5. The Morgan fingerprint density at radius 3 is 1.94 bits per heavy atom. The maximum atomic E-state index is 12.4. The SMILES string of the molecule is CC(=O)c1ccc(NC(=O)C(C)OC(=O)CCC(=O)c2ccc(-c3ccccc3)cc2)cc1. The molecule has 3 aromatic carbocycles. The van der Waals surface area contributed by atoms with Gasteiger partial charge in [0.05, 0.1) is 6.42 Å². The summed E-state index contributed by atoms with van der Waals surface area (Å²) in [6, 6.07) is 23.5. The van der Waals surface area contributed by atoms with Gasteiger partial charge in [0.1, 0.15) is 0 Å². The third-order valence-electron chi connectivity index (χ3n) is 5.11. The molecule has 168 valence electrons. The quantitative estimate of drug-likeness (QED) is 0.368. The highest BCUT2D eigenvalue weighted by Gasteiger charge is 2.19. The number of nitrogens with one attached hydrogen (secondary N) is 1. The predicted octanol–water partition coefficient (Wildman–Crippen LogP) is 5.09. The third kappa shape index (κ3) is 6.71. The number of ether oxygens (including phenoxy) is 1. The van der Waals surface area contributed by atoms with Gasteiger partial charge >= 0.3 is 5.97 Å². The third-order valence-corrected chi connectivity index (χ3v) is 5.11. The average molecular weight is 443 g/mol. The molecule has 3 rings (SSSR count). The van der Waals surface area contributed by atoms with Crippen LogP contribution >= 0.6 is 0 Å². The van der Waals surface area contributed by atoms with Gasteiger partial charge in [0.15, 0.2) is 17.7 Å². The van der Waals surface area contributed by atoms with Crippen molar-refractivity contribution in [2.75, 3.05) is 5.32 Å². The van der Waals surface area contributed by atoms with Crippen LogP contribution in [0.25, 0.3) is 11.1 Å². The zero-order valence-corrected chi connectivity index (χ0v) is 18.5. The molecule has 6 heteroatoms. The molecule has 3 aromatic rings. The fourth-order valence-corrected chi connectivity index (χ4v) is 3.18. The summed E-state index contributed by atoms with van der Waals surface area (Å²) in [4.78, 5) is 48.1. The molecule has 0 saturated heterocycles. The zero-order chi connectivity index (χ0) is 23.8. The summed E-state index contributed by atoms with van der Waals surface area (Å²) in [7, 11) is 0. The van der Waals surface area contributed by atoms with Gasteiger partial charge in [-0.15, -0.1) is 0 Å². The van der Waals surface area contributed by atoms with E-state index in [1.807, 2.05) is 42.5 Å². The monoisotopic (exact) mass is 443 g/mol. The maximum Gasteiger partial charge on any atom is 0.307 e. The summed E-state index contributed by atoms with van der Waals surface area (Å²) < 4.78 is 5.15. The van der Waals surface area contributed by atoms with Crippen LogP contribution in [0.3, 0.4) is 0 Å². The van der Waals surface area contributed by atoms with Gasteiger partial charge in [-0.25, -0.2) is 0 Å². The molecule has 1 unspecified atom stereocenters. The lowest BCUT2D eigenvalue weighted by molar-refractivity contribution is -0.153. The molecular formula is C27H25NO5. The number of carbonyl (C=O) groups is 4. The average Bonchev–Trinajstić information content (AvgIpc) is 2.83. The molecule has 1 atom stereocenters. The molecule has 33 heavy (non-hydrogen) atoms. The number of esters is 1. The Kier molecular flexibility index (Phi) is 7.86. The van der Waals surface area contributed by atoms with E-state index in [1.54, 1.807) is 36.4 Å². The number of hydrogen-bond acceptors (Lipinski definition) is 5. The van der Waals surface area contributed by atoms with E-state index in [1.165, 1.54) is 13.8 Å². The van der Waals surface area contributed by atoms with Crippen molar-refractivity contribution in [3.05, 3.63) is 90.0 Å². The second-order valence-corrected chi connectivity index (χ2v) is 7.62. The standard InChI is InChI=1S/C27H25NO5/c1-18(29)20-12-14-24(15-13-20)28-27(32)19(2)33-26(31)17-16-25(30)23-10-8-22(9-11-23)21-6-4-3-5-7-21/h3-15,19H,16-17H2,1-2H3,(H,28,32). The molecule has 1 amide bonds. The zero-order valence-electron chi connectivity index (χ0n) is 18.5. The molecular weight excluding hydrogens is 418 g/mol. The van der Waals surface area contributed by atoms with E-state index in [4.69, 9.17) is 4.74 Å². The van der Waals surface area contributed by atoms with Crippen molar-refractivity contribution in [2.45, 2.75) is 32.8 Å². The fraction of sp³-hybridized carbons (Fsp3) is 0.185. The first-order chi connectivity index (χ1) is 15.8. The summed E-state index contributed by atoms with van der Waals surface area (Å²) in [5, 5.41) is 2.63. The Hall–Kier alpha value is -4.06. The van der Waals surface area contributed by atoms with Gasteiger partial charge in [0.2, 0.25) is 0 Å². The van der Waals surface area contributed by atoms with Crippen molar-refractivity contribution < 1.29 is 23.9 Å². The van der Waals surface area contributed by atoms with Crippen LogP contribution in [0, 0.1) is 0 Å². The second-order valence-electron chi connectivity index (χ2n) is 7.62. The van der Waals surface area contributed by atoms with Crippen molar-refractivity contribution in [1.29, 1.82) is 0 Å². The van der Waals surface area contributed by atoms with E-state index in [-0.39, 0.29) is 24.4 Å². The van der Waals surface area contributed by atoms with Gasteiger partial charge in [-0.2, -0.15) is 0 Å². The first kappa shape index (κ1) is 23.6. The van der Waals surface area contributed by atoms with Gasteiger partial charge in [-0.1, -0.05) is 54.6 Å². The van der Waals surface area contributed by atoms with Crippen LogP contribution in [-0.4, -0.2) is 29.5 Å². The molecule has 0 saturated carbocycles. The van der Waals surface area contributed by atoms with Crippen molar-refractivity contribution in [2.24, 2.45) is 0 Å². The normalized spacial score (nSPS) is 11.3. The van der Waals surface area contributed by atoms with Crippen LogP contribution < -0.4 is 5.32 Å². The van der Waals surface area contributed by atoms with Gasteiger partial charge in [0.25, 0.3) is 5.91 Å². The molecule has 6 nitrogen and oxygen atoms in total. The molecule has 0 aliphatic rings. The predicted molar refractivity (Wildman–Crippen MR) is 126 cm³/mol. The summed E-state index contributed by atoms with van der Waals surface area (Å²) in [6.45, 7) is 2.92. The van der Waals surface area contributed by atoms with Crippen molar-refractivity contribution >= 4 is 29.1 Å². The Labute approximate surface area is 192 Å². The van der Waals surface area contributed by atoms with E-state index >= 15 is 0 Å². The molecule has 0 bridgehead atoms. The van der Waals surface area contributed by atoms with E-state index in [2.05, 4.69) is 5.32 Å². The van der Waals surface area contributed by atoms with Crippen LogP contribution in [0.4, 0.5) is 5.69 Å². The lowest BCUT2D eigenvalue weighted by Gasteiger charge is -2.13. The molecule has 0 aliphatic carbocycles. The Morgan fingerprint density at radius 1 is 0.758 bits per heavy atom. The van der Waals surface area contributed by atoms with E-state index < -0.39 is 18.0 Å². The summed E-state index contributed by atoms with van der Waals surface area (Å²) in [6.07, 6.45) is -1.15. The first-order valence-corrected chi connectivity index (χ1v) is 10.6. The minimum absolute atomic E-state index is 0.00956. The van der Waals surface area contributed by atoms with Crippen molar-refractivity contribution in [3.8, 4) is 11.1 Å². The number of hydrogen-bond donors (Lipinski definition) is 1. The molecule has 0 aromatic heterocycles. The first-order valence-electron chi connectivity index (χ1n) is 10.6. The highest BCUT2D eigenvalue weighted by Crippen LogP contribution is 2.20. The lowest BCUT2D eigenvalue weighted by atomic mass is 10.0. The molecule has 0 radical (unpaired) electrons. The van der Waals surface area contributed by atoms with Crippen LogP contribution in [0.1, 0.15) is 47.4 Å². The van der Waals surface area contributed by atoms with Gasteiger partial charge in [-0.3, -0.25) is 19.2 Å². The minimum Gasteiger partial charge on any atom is -0.453 e. The van der Waals surface area contributed by atoms with E-state index in [0.717, 1.165) is 11.1 Å². The Morgan fingerprint density at radius 2 is 1.33 bits per heavy atom. The number of rotatable bonds is 9. The topological polar surface area (TPSA) is 89.5 Å². The summed E-state index contributed by atoms with van der Waals surface area (Å²) in [5.41, 5.74) is 3.60. The number of benzene rings is 3. The van der Waals surface area contributed by atoms with E-state index in [9.17, 15) is 19.2 Å². The number of Topliss-reactive ketones (excluding diaryl/α,β-unsaturated/α-hetero) is 2. The van der Waals surface area contributed by atoms with Gasteiger partial charge in [-0.05, 0) is 49.2 Å². The van der Waals surface area contributed by atoms with Gasteiger partial charge < -0.3 is 10.1 Å². The van der Waals surface area contributed by atoms with Gasteiger partial charge in [0, 0.05) is 23.2 Å². The van der Waals surface area contributed by atoms with Crippen LogP contribution in [0.2, 0.25) is 0 Å². The molecule has 0 fully saturated rings. The lowest BCUT2D eigenvalue weighted by Crippen LogP contribution is -2.30. The largest absolute Gasteiger partial charge is 0.453 e. The number of ketones is 2. The van der Waals surface area contributed by atoms with E-state index in [0.29, 0.717) is 16.8 Å². The summed E-state index contributed by atoms with van der Waals surface area (Å²) in [5.74, 6) is -1.37. The Bertz CT molecular complexity index is 1140. The highest BCUT2D eigenvalue weighted by molar-refractivity contribution is 5.99. The number of carbonyl (C=O) groups excluding carboxylic acids is 4. The smallest absolute Gasteiger partial charge is 0.307 e. The minimum atomic E-state index is -1.02. The number of amides is 1. The van der Waals surface area contributed by atoms with Crippen LogP contribution in [-0.2, 0) is 14.3 Å². The fourth-order valence-electron chi connectivity index (χ4n) is 3.18. The summed E-state index contributed by atoms with van der Waals surface area (Å²) >= 11 is 0. The number of anilines is 1. The molecule has 1 N–H and O–H groups in total. The van der Waals surface area contributed by atoms with Crippen LogP contribution in [0.15, 0.2) is 78.9 Å². The Balaban J connectivity index is 1.46. The second kappa shape index (κ2) is 11.0. The molecule has 0 heterocycles.